The molecule has 0 spiro atoms. The third-order valence-electron chi connectivity index (χ3n) is 2.77. The second-order valence-electron chi connectivity index (χ2n) is 4.48. The molecule has 0 saturated carbocycles. The smallest absolute Gasteiger partial charge is 0.175 e. The number of hydrogen-bond acceptors (Lipinski definition) is 4. The molecule has 0 fully saturated rings. The monoisotopic (exact) mass is 355 g/mol. The molecule has 0 atom stereocenters. The number of aryl methyl sites for hydroxylation is 1. The molecule has 2 aromatic rings. The van der Waals surface area contributed by atoms with Gasteiger partial charge in [-0.3, -0.25) is 0 Å². The van der Waals surface area contributed by atoms with Crippen molar-refractivity contribution in [2.45, 2.75) is 11.8 Å². The average Bonchev–Trinajstić information content (AvgIpc) is 2.35. The molecule has 0 aliphatic heterocycles. The largest absolute Gasteiger partial charge is 0.455 e. The van der Waals surface area contributed by atoms with Crippen molar-refractivity contribution >= 4 is 31.5 Å². The quantitative estimate of drug-likeness (QED) is 0.854. The summed E-state index contributed by atoms with van der Waals surface area (Å²) in [7, 11) is -3.27. The van der Waals surface area contributed by atoms with Crippen LogP contribution in [0.3, 0.4) is 0 Å². The standard InChI is InChI=1S/C14H14BrNO3S/c1-9-7-10(3-5-12(9)15)19-14-6-4-11(8-13(14)16)20(2,17)18/h3-8H,16H2,1-2H3. The van der Waals surface area contributed by atoms with Crippen molar-refractivity contribution in [2.75, 3.05) is 12.0 Å². The van der Waals surface area contributed by atoms with E-state index in [4.69, 9.17) is 10.5 Å². The first-order chi connectivity index (χ1) is 9.27. The first-order valence-electron chi connectivity index (χ1n) is 5.81. The van der Waals surface area contributed by atoms with Gasteiger partial charge in [0.15, 0.2) is 9.84 Å². The lowest BCUT2D eigenvalue weighted by Crippen LogP contribution is -2.00. The Kier molecular flexibility index (Phi) is 4.06. The summed E-state index contributed by atoms with van der Waals surface area (Å²) in [6, 6.07) is 9.99. The Balaban J connectivity index is 2.32. The molecule has 0 heterocycles. The topological polar surface area (TPSA) is 69.4 Å². The van der Waals surface area contributed by atoms with Crippen molar-refractivity contribution in [1.29, 1.82) is 0 Å². The van der Waals surface area contributed by atoms with Crippen LogP contribution in [0.4, 0.5) is 5.69 Å². The molecule has 0 aromatic heterocycles. The van der Waals surface area contributed by atoms with E-state index in [1.165, 1.54) is 12.1 Å². The highest BCUT2D eigenvalue weighted by molar-refractivity contribution is 9.10. The Morgan fingerprint density at radius 3 is 2.40 bits per heavy atom. The molecule has 6 heteroatoms. The van der Waals surface area contributed by atoms with Crippen molar-refractivity contribution in [1.82, 2.24) is 0 Å². The first-order valence-corrected chi connectivity index (χ1v) is 8.49. The highest BCUT2D eigenvalue weighted by Crippen LogP contribution is 2.31. The SMILES string of the molecule is Cc1cc(Oc2ccc(S(C)(=O)=O)cc2N)ccc1Br. The van der Waals surface area contributed by atoms with Crippen LogP contribution in [0.2, 0.25) is 0 Å². The maximum Gasteiger partial charge on any atom is 0.175 e. The van der Waals surface area contributed by atoms with Gasteiger partial charge in [-0.15, -0.1) is 0 Å². The molecular weight excluding hydrogens is 342 g/mol. The van der Waals surface area contributed by atoms with Crippen LogP contribution in [0.25, 0.3) is 0 Å². The van der Waals surface area contributed by atoms with E-state index < -0.39 is 9.84 Å². The van der Waals surface area contributed by atoms with Gasteiger partial charge in [-0.05, 0) is 48.9 Å². The van der Waals surface area contributed by atoms with Crippen LogP contribution >= 0.6 is 15.9 Å². The molecule has 0 bridgehead atoms. The van der Waals surface area contributed by atoms with Gasteiger partial charge in [-0.1, -0.05) is 15.9 Å². The van der Waals surface area contributed by atoms with E-state index in [1.54, 1.807) is 12.1 Å². The number of hydrogen-bond donors (Lipinski definition) is 1. The van der Waals surface area contributed by atoms with E-state index in [2.05, 4.69) is 15.9 Å². The fourth-order valence-electron chi connectivity index (χ4n) is 1.66. The number of rotatable bonds is 3. The first kappa shape index (κ1) is 14.9. The predicted octanol–water partition coefficient (Wildman–Crippen LogP) is 3.54. The number of anilines is 1. The zero-order valence-corrected chi connectivity index (χ0v) is 13.5. The number of benzene rings is 2. The third-order valence-corrected chi connectivity index (χ3v) is 4.77. The van der Waals surface area contributed by atoms with Gasteiger partial charge in [0.25, 0.3) is 0 Å². The fourth-order valence-corrected chi connectivity index (χ4v) is 2.56. The summed E-state index contributed by atoms with van der Waals surface area (Å²) in [5, 5.41) is 0. The molecule has 4 nitrogen and oxygen atoms in total. The van der Waals surface area contributed by atoms with Crippen LogP contribution < -0.4 is 10.5 Å². The Bertz CT molecular complexity index is 757. The van der Waals surface area contributed by atoms with Crippen molar-refractivity contribution in [2.24, 2.45) is 0 Å². The number of ether oxygens (including phenoxy) is 1. The number of halogens is 1. The second kappa shape index (κ2) is 5.46. The van der Waals surface area contributed by atoms with Gasteiger partial charge in [-0.25, -0.2) is 8.42 Å². The molecule has 0 amide bonds. The Labute approximate surface area is 126 Å². The van der Waals surface area contributed by atoms with Crippen LogP contribution in [0.5, 0.6) is 11.5 Å². The lowest BCUT2D eigenvalue weighted by molar-refractivity contribution is 0.484. The van der Waals surface area contributed by atoms with Crippen LogP contribution in [0, 0.1) is 6.92 Å². The van der Waals surface area contributed by atoms with E-state index in [0.29, 0.717) is 11.5 Å². The van der Waals surface area contributed by atoms with Gasteiger partial charge in [-0.2, -0.15) is 0 Å². The highest BCUT2D eigenvalue weighted by Gasteiger charge is 2.11. The zero-order valence-electron chi connectivity index (χ0n) is 11.1. The molecule has 0 aliphatic rings. The molecule has 2 N–H and O–H groups in total. The Hall–Kier alpha value is -1.53. The van der Waals surface area contributed by atoms with Crippen molar-refractivity contribution < 1.29 is 13.2 Å². The summed E-state index contributed by atoms with van der Waals surface area (Å²) in [5.41, 5.74) is 7.16. The minimum Gasteiger partial charge on any atom is -0.455 e. The summed E-state index contributed by atoms with van der Waals surface area (Å²) in [6.45, 7) is 1.95. The zero-order chi connectivity index (χ0) is 14.9. The molecule has 0 unspecified atom stereocenters. The summed E-state index contributed by atoms with van der Waals surface area (Å²) < 4.78 is 29.5. The molecular formula is C14H14BrNO3S. The van der Waals surface area contributed by atoms with Crippen LogP contribution in [0.1, 0.15) is 5.56 Å². The normalized spacial score (nSPS) is 11.3. The van der Waals surface area contributed by atoms with Crippen molar-refractivity contribution in [3.63, 3.8) is 0 Å². The van der Waals surface area contributed by atoms with Gasteiger partial charge >= 0.3 is 0 Å². The lowest BCUT2D eigenvalue weighted by atomic mass is 10.2. The molecule has 106 valence electrons. The maximum atomic E-state index is 11.4. The van der Waals surface area contributed by atoms with Crippen LogP contribution in [-0.4, -0.2) is 14.7 Å². The number of sulfone groups is 1. The molecule has 2 rings (SSSR count). The Morgan fingerprint density at radius 1 is 1.15 bits per heavy atom. The van der Waals surface area contributed by atoms with E-state index in [1.807, 2.05) is 19.1 Å². The fraction of sp³-hybridized carbons (Fsp3) is 0.143. The van der Waals surface area contributed by atoms with Gasteiger partial charge in [0.2, 0.25) is 0 Å². The summed E-state index contributed by atoms with van der Waals surface area (Å²) in [4.78, 5) is 0.175. The molecule has 2 aromatic carbocycles. The predicted molar refractivity (Wildman–Crippen MR) is 82.9 cm³/mol. The second-order valence-corrected chi connectivity index (χ2v) is 7.35. The van der Waals surface area contributed by atoms with E-state index in [9.17, 15) is 8.42 Å². The van der Waals surface area contributed by atoms with Crippen LogP contribution in [0.15, 0.2) is 45.8 Å². The molecule has 0 radical (unpaired) electrons. The summed E-state index contributed by atoms with van der Waals surface area (Å²) in [6.07, 6.45) is 1.14. The van der Waals surface area contributed by atoms with Gasteiger partial charge in [0.1, 0.15) is 11.5 Å². The third kappa shape index (κ3) is 3.32. The summed E-state index contributed by atoms with van der Waals surface area (Å²) >= 11 is 3.41. The van der Waals surface area contributed by atoms with Gasteiger partial charge in [0.05, 0.1) is 10.6 Å². The number of nitrogen functional groups attached to an aromatic ring is 1. The van der Waals surface area contributed by atoms with Gasteiger partial charge in [0, 0.05) is 10.7 Å². The molecule has 0 saturated heterocycles. The minimum absolute atomic E-state index is 0.175. The summed E-state index contributed by atoms with van der Waals surface area (Å²) in [5.74, 6) is 1.07. The lowest BCUT2D eigenvalue weighted by Gasteiger charge is -2.10. The van der Waals surface area contributed by atoms with Gasteiger partial charge < -0.3 is 10.5 Å². The highest BCUT2D eigenvalue weighted by atomic mass is 79.9. The van der Waals surface area contributed by atoms with Crippen LogP contribution in [-0.2, 0) is 9.84 Å². The molecule has 0 aliphatic carbocycles. The maximum absolute atomic E-state index is 11.4. The van der Waals surface area contributed by atoms with E-state index in [0.717, 1.165) is 16.3 Å². The average molecular weight is 356 g/mol. The minimum atomic E-state index is -3.27. The molecule has 20 heavy (non-hydrogen) atoms. The van der Waals surface area contributed by atoms with E-state index >= 15 is 0 Å². The van der Waals surface area contributed by atoms with Crippen molar-refractivity contribution in [3.05, 3.63) is 46.4 Å². The van der Waals surface area contributed by atoms with E-state index in [-0.39, 0.29) is 10.6 Å². The van der Waals surface area contributed by atoms with Crippen molar-refractivity contribution in [3.8, 4) is 11.5 Å². The number of nitrogens with two attached hydrogens (primary N) is 1. The Morgan fingerprint density at radius 2 is 1.85 bits per heavy atom.